The summed E-state index contributed by atoms with van der Waals surface area (Å²) in [6.45, 7) is 14.7. The highest BCUT2D eigenvalue weighted by molar-refractivity contribution is 5.74. The summed E-state index contributed by atoms with van der Waals surface area (Å²) in [4.78, 5) is 12.8. The second-order valence-corrected chi connectivity index (χ2v) is 19.4. The highest BCUT2D eigenvalue weighted by atomic mass is 16.6. The van der Waals surface area contributed by atoms with E-state index in [2.05, 4.69) is 71.9 Å². The molecule has 7 rings (SSSR count). The van der Waals surface area contributed by atoms with Crippen molar-refractivity contribution in [3.05, 3.63) is 35.9 Å². The van der Waals surface area contributed by atoms with Gasteiger partial charge in [-0.25, -0.2) is 0 Å². The number of aliphatic hydroxyl groups is 1. The zero-order valence-electron chi connectivity index (χ0n) is 31.4. The molecule has 12 atom stereocenters. The second-order valence-electron chi connectivity index (χ2n) is 19.4. The van der Waals surface area contributed by atoms with Gasteiger partial charge >= 0.3 is 5.97 Å². The number of carboxylic acid groups (broad SMARTS) is 1. The van der Waals surface area contributed by atoms with Gasteiger partial charge in [0.15, 0.2) is 5.79 Å². The van der Waals surface area contributed by atoms with Crippen molar-refractivity contribution < 1.29 is 19.7 Å². The van der Waals surface area contributed by atoms with E-state index in [0.717, 1.165) is 51.4 Å². The average molecular weight is 661 g/mol. The molecule has 6 aliphatic rings. The van der Waals surface area contributed by atoms with Crippen molar-refractivity contribution in [3.8, 4) is 0 Å². The fourth-order valence-electron chi connectivity index (χ4n) is 15.1. The molecular weight excluding hydrogens is 592 g/mol. The molecule has 1 unspecified atom stereocenters. The van der Waals surface area contributed by atoms with Crippen molar-refractivity contribution in [2.75, 3.05) is 0 Å². The van der Waals surface area contributed by atoms with E-state index in [0.29, 0.717) is 17.8 Å². The maximum absolute atomic E-state index is 12.8. The number of unbranched alkanes of at least 4 members (excludes halogenated alkanes) is 3. The average Bonchev–Trinajstić information content (AvgIpc) is 3.18. The molecule has 2 bridgehead atoms. The summed E-state index contributed by atoms with van der Waals surface area (Å²) >= 11 is 0. The van der Waals surface area contributed by atoms with Crippen LogP contribution in [0, 0.1) is 56.2 Å². The third-order valence-electron chi connectivity index (χ3n) is 17.5. The standard InChI is InChI=1S/C44H68O4/c1-7-9-10-14-20-42-28-26-40(5)32(41(42,6)27-25-38(3)23-24-39(4,37(45)46)30-35(38)42)18-21-43-33(40)19-22-44(47,34(43)15-8-2)48-36(43)29-31-16-12-11-13-17-31/h11-13,16-17,32-36,47H,7-10,14-15,18-30H2,1-6H3,(H,45,46)/t32-,33-,34+,35?,36-,38-,39+,40-,41+,42-,43+,44-/m0/s1. The van der Waals surface area contributed by atoms with Crippen LogP contribution in [0.5, 0.6) is 0 Å². The molecule has 1 aromatic rings. The van der Waals surface area contributed by atoms with Crippen LogP contribution in [-0.4, -0.2) is 28.1 Å². The van der Waals surface area contributed by atoms with E-state index in [4.69, 9.17) is 4.74 Å². The lowest BCUT2D eigenvalue weighted by molar-refractivity contribution is -0.276. The number of aliphatic carboxylic acids is 1. The Morgan fingerprint density at radius 3 is 2.25 bits per heavy atom. The van der Waals surface area contributed by atoms with Gasteiger partial charge in [-0.05, 0) is 135 Å². The summed E-state index contributed by atoms with van der Waals surface area (Å²) in [7, 11) is 0. The van der Waals surface area contributed by atoms with Crippen molar-refractivity contribution in [2.24, 2.45) is 56.2 Å². The maximum Gasteiger partial charge on any atom is 0.309 e. The van der Waals surface area contributed by atoms with E-state index < -0.39 is 17.2 Å². The summed E-state index contributed by atoms with van der Waals surface area (Å²) < 4.78 is 6.98. The molecule has 0 amide bonds. The quantitative estimate of drug-likeness (QED) is 0.245. The van der Waals surface area contributed by atoms with Gasteiger partial charge in [-0.15, -0.1) is 0 Å². The lowest BCUT2D eigenvalue weighted by Crippen LogP contribution is -2.69. The number of hydrogen-bond donors (Lipinski definition) is 2. The molecule has 1 aliphatic heterocycles. The third-order valence-corrected chi connectivity index (χ3v) is 17.5. The summed E-state index contributed by atoms with van der Waals surface area (Å²) in [6, 6.07) is 10.9. The summed E-state index contributed by atoms with van der Waals surface area (Å²) in [5, 5.41) is 22.8. The Labute approximate surface area is 292 Å². The topological polar surface area (TPSA) is 66.8 Å². The van der Waals surface area contributed by atoms with Crippen molar-refractivity contribution in [1.29, 1.82) is 0 Å². The Morgan fingerprint density at radius 1 is 0.812 bits per heavy atom. The minimum atomic E-state index is -0.993. The van der Waals surface area contributed by atoms with Crippen LogP contribution in [0.2, 0.25) is 0 Å². The molecule has 1 spiro atoms. The molecule has 1 saturated heterocycles. The zero-order chi connectivity index (χ0) is 34.2. The third kappa shape index (κ3) is 4.82. The largest absolute Gasteiger partial charge is 0.481 e. The lowest BCUT2D eigenvalue weighted by Gasteiger charge is -2.75. The van der Waals surface area contributed by atoms with Crippen molar-refractivity contribution in [2.45, 2.75) is 175 Å². The molecule has 5 saturated carbocycles. The lowest BCUT2D eigenvalue weighted by atomic mass is 9.28. The van der Waals surface area contributed by atoms with E-state index in [-0.39, 0.29) is 39.1 Å². The van der Waals surface area contributed by atoms with Gasteiger partial charge in [0.1, 0.15) is 0 Å². The normalized spacial score (nSPS) is 49.4. The molecule has 0 aromatic heterocycles. The van der Waals surface area contributed by atoms with Crippen LogP contribution in [0.1, 0.15) is 163 Å². The molecule has 4 heteroatoms. The Bertz CT molecular complexity index is 1340. The predicted octanol–water partition coefficient (Wildman–Crippen LogP) is 11.0. The second kappa shape index (κ2) is 12.1. The van der Waals surface area contributed by atoms with Crippen LogP contribution in [0.4, 0.5) is 0 Å². The molecular formula is C44H68O4. The number of hydrogen-bond acceptors (Lipinski definition) is 3. The fraction of sp³-hybridized carbons (Fsp3) is 0.841. The van der Waals surface area contributed by atoms with Crippen LogP contribution in [0.3, 0.4) is 0 Å². The molecule has 4 nitrogen and oxygen atoms in total. The maximum atomic E-state index is 12.8. The van der Waals surface area contributed by atoms with Gasteiger partial charge < -0.3 is 14.9 Å². The van der Waals surface area contributed by atoms with Gasteiger partial charge in [-0.2, -0.15) is 0 Å². The smallest absolute Gasteiger partial charge is 0.309 e. The first kappa shape index (κ1) is 35.0. The Hall–Kier alpha value is -1.39. The van der Waals surface area contributed by atoms with Gasteiger partial charge in [0.25, 0.3) is 0 Å². The molecule has 1 aromatic carbocycles. The van der Waals surface area contributed by atoms with Gasteiger partial charge in [-0.3, -0.25) is 4.79 Å². The van der Waals surface area contributed by atoms with Crippen LogP contribution < -0.4 is 0 Å². The van der Waals surface area contributed by atoms with Gasteiger partial charge in [-0.1, -0.05) is 97.1 Å². The number of carbonyl (C=O) groups is 1. The Morgan fingerprint density at radius 2 is 1.54 bits per heavy atom. The molecule has 268 valence electrons. The molecule has 1 heterocycles. The highest BCUT2D eigenvalue weighted by Crippen LogP contribution is 2.81. The van der Waals surface area contributed by atoms with E-state index in [9.17, 15) is 15.0 Å². The predicted molar refractivity (Wildman–Crippen MR) is 193 cm³/mol. The first-order valence-corrected chi connectivity index (χ1v) is 20.4. The molecule has 0 radical (unpaired) electrons. The Balaban J connectivity index is 1.30. The molecule has 5 aliphatic carbocycles. The van der Waals surface area contributed by atoms with E-state index >= 15 is 0 Å². The van der Waals surface area contributed by atoms with Crippen LogP contribution in [0.15, 0.2) is 30.3 Å². The van der Waals surface area contributed by atoms with Gasteiger partial charge in [0.05, 0.1) is 11.5 Å². The number of carboxylic acids is 1. The van der Waals surface area contributed by atoms with Crippen molar-refractivity contribution in [3.63, 3.8) is 0 Å². The number of ether oxygens (including phenoxy) is 1. The monoisotopic (exact) mass is 661 g/mol. The number of fused-ring (bicyclic) bond motifs is 7. The summed E-state index contributed by atoms with van der Waals surface area (Å²) in [5.74, 6) is 0.307. The first-order chi connectivity index (χ1) is 22.8. The van der Waals surface area contributed by atoms with Crippen LogP contribution in [0.25, 0.3) is 0 Å². The highest BCUT2D eigenvalue weighted by Gasteiger charge is 2.77. The fourth-order valence-corrected chi connectivity index (χ4v) is 15.1. The van der Waals surface area contributed by atoms with Crippen molar-refractivity contribution in [1.82, 2.24) is 0 Å². The first-order valence-electron chi connectivity index (χ1n) is 20.4. The molecule has 48 heavy (non-hydrogen) atoms. The van der Waals surface area contributed by atoms with Gasteiger partial charge in [0.2, 0.25) is 0 Å². The Kier molecular flexibility index (Phi) is 8.83. The van der Waals surface area contributed by atoms with E-state index in [1.807, 2.05) is 0 Å². The van der Waals surface area contributed by atoms with E-state index in [1.54, 1.807) is 0 Å². The van der Waals surface area contributed by atoms with E-state index in [1.165, 1.54) is 76.2 Å². The van der Waals surface area contributed by atoms with Gasteiger partial charge in [0, 0.05) is 17.8 Å². The zero-order valence-corrected chi connectivity index (χ0v) is 31.4. The molecule has 6 fully saturated rings. The van der Waals surface area contributed by atoms with Crippen LogP contribution in [-0.2, 0) is 16.0 Å². The number of rotatable bonds is 10. The summed E-state index contributed by atoms with van der Waals surface area (Å²) in [6.07, 6.45) is 21.6. The molecule has 2 N–H and O–H groups in total. The van der Waals surface area contributed by atoms with Crippen LogP contribution >= 0.6 is 0 Å². The summed E-state index contributed by atoms with van der Waals surface area (Å²) in [5.41, 5.74) is 1.59. The number of benzene rings is 1. The minimum absolute atomic E-state index is 0.0114. The minimum Gasteiger partial charge on any atom is -0.481 e. The SMILES string of the molecule is CCCCCC[C@@]12CC[C@]3(C)[C@@H]4CC[C@]5(O)O[C@@H](Cc6ccccc6)[C@@]4(CC[C@@H]3[C@@]1(C)CC[C@]1(C)CC[C@@](C)(C(=O)O)CC12)[C@H]5CCC. The van der Waals surface area contributed by atoms with Crippen molar-refractivity contribution >= 4 is 5.97 Å².